The number of hydrogen-bond acceptors (Lipinski definition) is 4. The van der Waals surface area contributed by atoms with Crippen molar-refractivity contribution < 1.29 is 19.1 Å². The molecule has 29 heavy (non-hydrogen) atoms. The fourth-order valence-electron chi connectivity index (χ4n) is 3.88. The van der Waals surface area contributed by atoms with Crippen molar-refractivity contribution in [1.29, 1.82) is 0 Å². The van der Waals surface area contributed by atoms with Crippen LogP contribution in [-0.2, 0) is 9.53 Å². The lowest BCUT2D eigenvalue weighted by Crippen LogP contribution is -2.47. The zero-order valence-electron chi connectivity index (χ0n) is 16.4. The summed E-state index contributed by atoms with van der Waals surface area (Å²) in [4.78, 5) is 24.6. The van der Waals surface area contributed by atoms with Gasteiger partial charge in [-0.3, -0.25) is 4.79 Å². The molecule has 2 heterocycles. The van der Waals surface area contributed by atoms with Gasteiger partial charge in [-0.05, 0) is 30.7 Å². The standard InChI is InChI=1S/C22H25N3O4/c1-15-5-4-6-16(11-15)24-21(27)23-13-20(26)25-18-12-22(9-10-28-14-22)29-19-8-3-2-7-17(18)19/h2-8,11,18H,9-10,12-14H2,1H3,(H,25,26)(H2,23,24,27). The summed E-state index contributed by atoms with van der Waals surface area (Å²) in [6, 6.07) is 14.6. The SMILES string of the molecule is Cc1cccc(NC(=O)NCC(=O)NC2CC3(CCOC3)Oc3ccccc32)c1. The molecule has 0 saturated carbocycles. The number of rotatable bonds is 4. The summed E-state index contributed by atoms with van der Waals surface area (Å²) in [5, 5.41) is 8.37. The number of fused-ring (bicyclic) bond motifs is 1. The molecule has 1 fully saturated rings. The van der Waals surface area contributed by atoms with E-state index in [4.69, 9.17) is 9.47 Å². The molecular formula is C22H25N3O4. The van der Waals surface area contributed by atoms with Crippen molar-refractivity contribution in [2.45, 2.75) is 31.4 Å². The molecule has 1 saturated heterocycles. The van der Waals surface area contributed by atoms with Crippen LogP contribution in [0.5, 0.6) is 5.75 Å². The van der Waals surface area contributed by atoms with Crippen LogP contribution >= 0.6 is 0 Å². The van der Waals surface area contributed by atoms with E-state index in [-0.39, 0.29) is 18.5 Å². The van der Waals surface area contributed by atoms with Gasteiger partial charge >= 0.3 is 6.03 Å². The number of carbonyl (C=O) groups is 2. The number of hydrogen-bond donors (Lipinski definition) is 3. The van der Waals surface area contributed by atoms with E-state index in [0.29, 0.717) is 25.3 Å². The zero-order valence-corrected chi connectivity index (χ0v) is 16.4. The Balaban J connectivity index is 1.35. The first-order valence-electron chi connectivity index (χ1n) is 9.80. The van der Waals surface area contributed by atoms with Gasteiger partial charge < -0.3 is 25.4 Å². The Hall–Kier alpha value is -3.06. The average molecular weight is 395 g/mol. The second kappa shape index (κ2) is 8.13. The Kier molecular flexibility index (Phi) is 5.40. The molecule has 4 rings (SSSR count). The quantitative estimate of drug-likeness (QED) is 0.743. The van der Waals surface area contributed by atoms with Gasteiger partial charge in [-0.15, -0.1) is 0 Å². The Bertz CT molecular complexity index is 908. The second-order valence-electron chi connectivity index (χ2n) is 7.63. The summed E-state index contributed by atoms with van der Waals surface area (Å²) in [6.07, 6.45) is 1.44. The number of aryl methyl sites for hydroxylation is 1. The average Bonchev–Trinajstić information content (AvgIpc) is 3.14. The topological polar surface area (TPSA) is 88.7 Å². The molecule has 0 bridgehead atoms. The lowest BCUT2D eigenvalue weighted by molar-refractivity contribution is -0.121. The maximum absolute atomic E-state index is 12.5. The van der Waals surface area contributed by atoms with Crippen molar-refractivity contribution in [3.63, 3.8) is 0 Å². The molecule has 2 unspecified atom stereocenters. The highest BCUT2D eigenvalue weighted by molar-refractivity contribution is 5.92. The largest absolute Gasteiger partial charge is 0.484 e. The minimum Gasteiger partial charge on any atom is -0.484 e. The molecule has 1 spiro atoms. The van der Waals surface area contributed by atoms with Crippen LogP contribution in [0.2, 0.25) is 0 Å². The number of carbonyl (C=O) groups excluding carboxylic acids is 2. The van der Waals surface area contributed by atoms with Gasteiger partial charge in [-0.1, -0.05) is 30.3 Å². The lowest BCUT2D eigenvalue weighted by atomic mass is 9.86. The molecule has 2 aromatic rings. The number of ether oxygens (including phenoxy) is 2. The number of para-hydroxylation sites is 1. The van der Waals surface area contributed by atoms with Gasteiger partial charge in [-0.2, -0.15) is 0 Å². The number of anilines is 1. The first-order valence-corrected chi connectivity index (χ1v) is 9.80. The van der Waals surface area contributed by atoms with Crippen LogP contribution in [0.1, 0.15) is 30.0 Å². The molecule has 152 valence electrons. The molecular weight excluding hydrogens is 370 g/mol. The third-order valence-electron chi connectivity index (χ3n) is 5.28. The first kappa shape index (κ1) is 19.3. The molecule has 7 nitrogen and oxygen atoms in total. The Morgan fingerprint density at radius 1 is 1.17 bits per heavy atom. The highest BCUT2D eigenvalue weighted by atomic mass is 16.6. The Labute approximate surface area is 169 Å². The molecule has 2 aliphatic heterocycles. The van der Waals surface area contributed by atoms with Crippen LogP contribution in [0, 0.1) is 6.92 Å². The van der Waals surface area contributed by atoms with E-state index in [1.54, 1.807) is 6.07 Å². The Morgan fingerprint density at radius 2 is 2.03 bits per heavy atom. The van der Waals surface area contributed by atoms with E-state index in [1.165, 1.54) is 0 Å². The number of amides is 3. The van der Waals surface area contributed by atoms with Crippen molar-refractivity contribution in [3.8, 4) is 5.75 Å². The monoisotopic (exact) mass is 395 g/mol. The van der Waals surface area contributed by atoms with Crippen molar-refractivity contribution >= 4 is 17.6 Å². The van der Waals surface area contributed by atoms with E-state index in [2.05, 4.69) is 16.0 Å². The van der Waals surface area contributed by atoms with Gasteiger partial charge in [0.05, 0.1) is 25.8 Å². The Morgan fingerprint density at radius 3 is 2.83 bits per heavy atom. The van der Waals surface area contributed by atoms with Crippen LogP contribution in [0.15, 0.2) is 48.5 Å². The summed E-state index contributed by atoms with van der Waals surface area (Å²) < 4.78 is 11.8. The van der Waals surface area contributed by atoms with Gasteiger partial charge in [0.25, 0.3) is 0 Å². The fourth-order valence-corrected chi connectivity index (χ4v) is 3.88. The van der Waals surface area contributed by atoms with E-state index in [9.17, 15) is 9.59 Å². The van der Waals surface area contributed by atoms with Crippen LogP contribution in [0.25, 0.3) is 0 Å². The summed E-state index contributed by atoms with van der Waals surface area (Å²) in [5.74, 6) is 0.528. The van der Waals surface area contributed by atoms with Crippen LogP contribution in [0.4, 0.5) is 10.5 Å². The maximum atomic E-state index is 12.5. The molecule has 3 N–H and O–H groups in total. The molecule has 2 aromatic carbocycles. The van der Waals surface area contributed by atoms with Crippen molar-refractivity contribution in [1.82, 2.24) is 10.6 Å². The summed E-state index contributed by atoms with van der Waals surface area (Å²) in [7, 11) is 0. The van der Waals surface area contributed by atoms with Crippen LogP contribution in [0.3, 0.4) is 0 Å². The number of urea groups is 1. The van der Waals surface area contributed by atoms with Gasteiger partial charge in [0.1, 0.15) is 11.4 Å². The maximum Gasteiger partial charge on any atom is 0.319 e. The fraction of sp³-hybridized carbons (Fsp3) is 0.364. The highest BCUT2D eigenvalue weighted by Gasteiger charge is 2.44. The predicted molar refractivity (Wildman–Crippen MR) is 109 cm³/mol. The van der Waals surface area contributed by atoms with Gasteiger partial charge in [-0.25, -0.2) is 4.79 Å². The molecule has 0 aliphatic carbocycles. The molecule has 2 atom stereocenters. The number of nitrogens with one attached hydrogen (secondary N) is 3. The number of benzene rings is 2. The summed E-state index contributed by atoms with van der Waals surface area (Å²) >= 11 is 0. The third kappa shape index (κ3) is 4.51. The van der Waals surface area contributed by atoms with Crippen LogP contribution in [-0.4, -0.2) is 37.3 Å². The van der Waals surface area contributed by atoms with Gasteiger partial charge in [0.2, 0.25) is 5.91 Å². The molecule has 0 aromatic heterocycles. The summed E-state index contributed by atoms with van der Waals surface area (Å²) in [6.45, 7) is 3.01. The lowest BCUT2D eigenvalue weighted by Gasteiger charge is -2.39. The second-order valence-corrected chi connectivity index (χ2v) is 7.63. The smallest absolute Gasteiger partial charge is 0.319 e. The van der Waals surface area contributed by atoms with E-state index < -0.39 is 11.6 Å². The first-order chi connectivity index (χ1) is 14.0. The molecule has 7 heteroatoms. The molecule has 3 amide bonds. The van der Waals surface area contributed by atoms with Crippen molar-refractivity contribution in [3.05, 3.63) is 59.7 Å². The normalized spacial score (nSPS) is 22.4. The van der Waals surface area contributed by atoms with E-state index >= 15 is 0 Å². The van der Waals surface area contributed by atoms with Crippen molar-refractivity contribution in [2.75, 3.05) is 25.1 Å². The summed E-state index contributed by atoms with van der Waals surface area (Å²) in [5.41, 5.74) is 2.28. The zero-order chi connectivity index (χ0) is 20.3. The minimum absolute atomic E-state index is 0.110. The van der Waals surface area contributed by atoms with Gasteiger partial charge in [0, 0.05) is 24.1 Å². The van der Waals surface area contributed by atoms with Crippen molar-refractivity contribution in [2.24, 2.45) is 0 Å². The minimum atomic E-state index is -0.418. The van der Waals surface area contributed by atoms with E-state index in [1.807, 2.05) is 49.4 Å². The molecule has 0 radical (unpaired) electrons. The van der Waals surface area contributed by atoms with Gasteiger partial charge in [0.15, 0.2) is 0 Å². The van der Waals surface area contributed by atoms with Crippen LogP contribution < -0.4 is 20.7 Å². The molecule has 2 aliphatic rings. The highest BCUT2D eigenvalue weighted by Crippen LogP contribution is 2.42. The van der Waals surface area contributed by atoms with E-state index in [0.717, 1.165) is 23.3 Å². The third-order valence-corrected chi connectivity index (χ3v) is 5.28. The predicted octanol–water partition coefficient (Wildman–Crippen LogP) is 2.92.